The Bertz CT molecular complexity index is 746. The molecule has 2 heterocycles. The van der Waals surface area contributed by atoms with Crippen LogP contribution in [-0.4, -0.2) is 55.6 Å². The number of hydrogen-bond acceptors (Lipinski definition) is 2. The van der Waals surface area contributed by atoms with Gasteiger partial charge in [0.1, 0.15) is 5.82 Å². The highest BCUT2D eigenvalue weighted by Crippen LogP contribution is 2.19. The normalized spacial score (nSPS) is 16.8. The largest absolute Gasteiger partial charge is 0.361 e. The Morgan fingerprint density at radius 1 is 1.30 bits per heavy atom. The number of nitrogens with one attached hydrogen (secondary N) is 3. The van der Waals surface area contributed by atoms with E-state index in [1.54, 1.807) is 19.2 Å². The third kappa shape index (κ3) is 5.45. The first-order valence-corrected chi connectivity index (χ1v) is 10.1. The number of benzene rings is 1. The molecule has 0 atom stereocenters. The summed E-state index contributed by atoms with van der Waals surface area (Å²) in [5.74, 6) is 1.36. The lowest BCUT2D eigenvalue weighted by molar-refractivity contribution is 0.185. The molecule has 1 aliphatic heterocycles. The lowest BCUT2D eigenvalue weighted by Crippen LogP contribution is -2.43. The summed E-state index contributed by atoms with van der Waals surface area (Å²) in [5.41, 5.74) is 2.10. The number of halogens is 1. The standard InChI is InChI=1S/C21H32FN5/c1-3-10-27-11-7-16(8-12-27)14-26-21(23-2)24-9-6-17-15-25-20-5-4-18(22)13-19(17)20/h4-5,13,15-16,25H,3,6-12,14H2,1-2H3,(H2,23,24,26). The van der Waals surface area contributed by atoms with Crippen molar-refractivity contribution in [3.8, 4) is 0 Å². The number of piperidine rings is 1. The van der Waals surface area contributed by atoms with Gasteiger partial charge in [0.2, 0.25) is 0 Å². The number of nitrogens with zero attached hydrogens (tertiary/aromatic N) is 2. The molecule has 27 heavy (non-hydrogen) atoms. The highest BCUT2D eigenvalue weighted by Gasteiger charge is 2.18. The SMILES string of the molecule is CCCN1CCC(CNC(=NC)NCCc2c[nH]c3ccc(F)cc23)CC1. The van der Waals surface area contributed by atoms with Crippen LogP contribution in [0.1, 0.15) is 31.7 Å². The van der Waals surface area contributed by atoms with E-state index < -0.39 is 0 Å². The van der Waals surface area contributed by atoms with E-state index in [4.69, 9.17) is 0 Å². The first-order valence-electron chi connectivity index (χ1n) is 10.1. The minimum Gasteiger partial charge on any atom is -0.361 e. The first kappa shape index (κ1) is 19.7. The quantitative estimate of drug-likeness (QED) is 0.516. The van der Waals surface area contributed by atoms with Gasteiger partial charge in [0, 0.05) is 37.2 Å². The number of likely N-dealkylation sites (tertiary alicyclic amines) is 1. The summed E-state index contributed by atoms with van der Waals surface area (Å²) in [4.78, 5) is 10.1. The van der Waals surface area contributed by atoms with Crippen LogP contribution in [0.15, 0.2) is 29.4 Å². The van der Waals surface area contributed by atoms with Crippen molar-refractivity contribution in [2.75, 3.05) is 39.8 Å². The smallest absolute Gasteiger partial charge is 0.190 e. The molecule has 0 spiro atoms. The van der Waals surface area contributed by atoms with Gasteiger partial charge in [-0.1, -0.05) is 6.92 Å². The predicted molar refractivity (Wildman–Crippen MR) is 111 cm³/mol. The predicted octanol–water partition coefficient (Wildman–Crippen LogP) is 3.14. The average molecular weight is 374 g/mol. The molecule has 6 heteroatoms. The Kier molecular flexibility index (Phi) is 7.10. The first-order chi connectivity index (χ1) is 13.2. The van der Waals surface area contributed by atoms with Gasteiger partial charge in [-0.3, -0.25) is 4.99 Å². The Morgan fingerprint density at radius 2 is 2.11 bits per heavy atom. The third-order valence-electron chi connectivity index (χ3n) is 5.45. The van der Waals surface area contributed by atoms with Crippen LogP contribution in [0.5, 0.6) is 0 Å². The van der Waals surface area contributed by atoms with Crippen LogP contribution in [0.3, 0.4) is 0 Å². The van der Waals surface area contributed by atoms with Crippen molar-refractivity contribution >= 4 is 16.9 Å². The van der Waals surface area contributed by atoms with Gasteiger partial charge in [-0.2, -0.15) is 0 Å². The maximum Gasteiger partial charge on any atom is 0.190 e. The van der Waals surface area contributed by atoms with Crippen LogP contribution in [0, 0.1) is 11.7 Å². The summed E-state index contributed by atoms with van der Waals surface area (Å²) < 4.78 is 13.5. The highest BCUT2D eigenvalue weighted by atomic mass is 19.1. The van der Waals surface area contributed by atoms with E-state index in [-0.39, 0.29) is 5.82 Å². The Labute approximate surface area is 161 Å². The molecule has 0 saturated carbocycles. The Balaban J connectivity index is 1.41. The summed E-state index contributed by atoms with van der Waals surface area (Å²) in [5, 5.41) is 7.80. The second-order valence-corrected chi connectivity index (χ2v) is 7.42. The summed E-state index contributed by atoms with van der Waals surface area (Å²) in [6.07, 6.45) is 6.53. The Hall–Kier alpha value is -2.08. The molecule has 1 aromatic carbocycles. The zero-order valence-electron chi connectivity index (χ0n) is 16.5. The van der Waals surface area contributed by atoms with Gasteiger partial charge in [0.25, 0.3) is 0 Å². The van der Waals surface area contributed by atoms with Gasteiger partial charge >= 0.3 is 0 Å². The molecule has 3 N–H and O–H groups in total. The van der Waals surface area contributed by atoms with Crippen molar-refractivity contribution < 1.29 is 4.39 Å². The van der Waals surface area contributed by atoms with Crippen LogP contribution >= 0.6 is 0 Å². The topological polar surface area (TPSA) is 55.4 Å². The van der Waals surface area contributed by atoms with Crippen molar-refractivity contribution in [1.29, 1.82) is 0 Å². The number of hydrogen-bond donors (Lipinski definition) is 3. The highest BCUT2D eigenvalue weighted by molar-refractivity contribution is 5.83. The second kappa shape index (κ2) is 9.74. The van der Waals surface area contributed by atoms with E-state index in [1.807, 2.05) is 6.20 Å². The number of aliphatic imine (C=N–C) groups is 1. The van der Waals surface area contributed by atoms with Gasteiger partial charge in [-0.25, -0.2) is 4.39 Å². The minimum atomic E-state index is -0.196. The molecule has 148 valence electrons. The van der Waals surface area contributed by atoms with Crippen LogP contribution in [0.25, 0.3) is 10.9 Å². The van der Waals surface area contributed by atoms with Gasteiger partial charge in [-0.05, 0) is 75.0 Å². The molecule has 0 aliphatic carbocycles. The Morgan fingerprint density at radius 3 is 2.85 bits per heavy atom. The number of guanidine groups is 1. The lowest BCUT2D eigenvalue weighted by Gasteiger charge is -2.32. The van der Waals surface area contributed by atoms with Crippen LogP contribution in [0.4, 0.5) is 4.39 Å². The summed E-state index contributed by atoms with van der Waals surface area (Å²) in [6.45, 7) is 7.62. The zero-order chi connectivity index (χ0) is 19.1. The van der Waals surface area contributed by atoms with Crippen LogP contribution in [-0.2, 0) is 6.42 Å². The molecule has 1 fully saturated rings. The van der Waals surface area contributed by atoms with E-state index in [0.717, 1.165) is 41.9 Å². The van der Waals surface area contributed by atoms with Gasteiger partial charge in [0.05, 0.1) is 0 Å². The number of fused-ring (bicyclic) bond motifs is 1. The van der Waals surface area contributed by atoms with Crippen molar-refractivity contribution in [2.45, 2.75) is 32.6 Å². The van der Waals surface area contributed by atoms with Crippen molar-refractivity contribution in [2.24, 2.45) is 10.9 Å². The fourth-order valence-electron chi connectivity index (χ4n) is 3.87. The molecule has 0 amide bonds. The molecule has 2 aromatic rings. The van der Waals surface area contributed by atoms with Crippen molar-refractivity contribution in [3.05, 3.63) is 35.8 Å². The molecular formula is C21H32FN5. The molecule has 5 nitrogen and oxygen atoms in total. The summed E-state index contributed by atoms with van der Waals surface area (Å²) >= 11 is 0. The zero-order valence-corrected chi connectivity index (χ0v) is 16.5. The molecule has 1 aromatic heterocycles. The number of H-pyrrole nitrogens is 1. The summed E-state index contributed by atoms with van der Waals surface area (Å²) in [6, 6.07) is 4.87. The number of aromatic amines is 1. The molecule has 0 unspecified atom stereocenters. The molecule has 0 bridgehead atoms. The van der Waals surface area contributed by atoms with Gasteiger partial charge < -0.3 is 20.5 Å². The lowest BCUT2D eigenvalue weighted by atomic mass is 9.97. The maximum absolute atomic E-state index is 13.5. The van der Waals surface area contributed by atoms with E-state index >= 15 is 0 Å². The van der Waals surface area contributed by atoms with Gasteiger partial charge in [-0.15, -0.1) is 0 Å². The molecular weight excluding hydrogens is 341 g/mol. The fraction of sp³-hybridized carbons (Fsp3) is 0.571. The van der Waals surface area contributed by atoms with E-state index in [9.17, 15) is 4.39 Å². The fourth-order valence-corrected chi connectivity index (χ4v) is 3.87. The van der Waals surface area contributed by atoms with Crippen molar-refractivity contribution in [3.63, 3.8) is 0 Å². The number of aromatic nitrogens is 1. The molecule has 1 aliphatic rings. The van der Waals surface area contributed by atoms with Crippen LogP contribution < -0.4 is 10.6 Å². The third-order valence-corrected chi connectivity index (χ3v) is 5.45. The molecule has 1 saturated heterocycles. The monoisotopic (exact) mass is 373 g/mol. The van der Waals surface area contributed by atoms with E-state index in [0.29, 0.717) is 5.92 Å². The molecule has 3 rings (SSSR count). The second-order valence-electron chi connectivity index (χ2n) is 7.42. The maximum atomic E-state index is 13.5. The van der Waals surface area contributed by atoms with E-state index in [1.165, 1.54) is 45.0 Å². The van der Waals surface area contributed by atoms with Gasteiger partial charge in [0.15, 0.2) is 5.96 Å². The average Bonchev–Trinajstić information content (AvgIpc) is 3.08. The van der Waals surface area contributed by atoms with Crippen molar-refractivity contribution in [1.82, 2.24) is 20.5 Å². The number of rotatable bonds is 7. The minimum absolute atomic E-state index is 0.196. The summed E-state index contributed by atoms with van der Waals surface area (Å²) in [7, 11) is 1.81. The van der Waals surface area contributed by atoms with Crippen LogP contribution in [0.2, 0.25) is 0 Å². The van der Waals surface area contributed by atoms with E-state index in [2.05, 4.69) is 32.4 Å². The molecule has 0 radical (unpaired) electrons.